The molecule has 1 saturated heterocycles. The van der Waals surface area contributed by atoms with Gasteiger partial charge in [-0.1, -0.05) is 0 Å². The molecule has 1 atom stereocenters. The standard InChI is InChI=1S/C18H20N8/c1-12-20-5-3-18(24-12)26-8-4-14(11-26)15-9-16(23-13(2)22-15)25-17-10-19-6-7-21-17/h3,5-7,9-10,14H,4,8,11H2,1-2H3,(H,21,22,23,25)/t14-/m0/s1. The highest BCUT2D eigenvalue weighted by Crippen LogP contribution is 2.30. The van der Waals surface area contributed by atoms with Gasteiger partial charge in [-0.15, -0.1) is 0 Å². The largest absolute Gasteiger partial charge is 0.356 e. The summed E-state index contributed by atoms with van der Waals surface area (Å²) in [4.78, 5) is 28.4. The molecule has 0 aromatic carbocycles. The van der Waals surface area contributed by atoms with E-state index in [4.69, 9.17) is 0 Å². The predicted molar refractivity (Wildman–Crippen MR) is 98.4 cm³/mol. The molecular weight excluding hydrogens is 328 g/mol. The number of nitrogens with zero attached hydrogens (tertiary/aromatic N) is 7. The van der Waals surface area contributed by atoms with Crippen LogP contribution in [0.4, 0.5) is 17.5 Å². The van der Waals surface area contributed by atoms with Gasteiger partial charge in [0.2, 0.25) is 0 Å². The Hall–Kier alpha value is -3.16. The number of anilines is 3. The molecule has 0 radical (unpaired) electrons. The van der Waals surface area contributed by atoms with Crippen LogP contribution in [0.2, 0.25) is 0 Å². The molecule has 8 nitrogen and oxygen atoms in total. The van der Waals surface area contributed by atoms with Gasteiger partial charge in [0.05, 0.1) is 11.9 Å². The highest BCUT2D eigenvalue weighted by Gasteiger charge is 2.26. The molecule has 4 rings (SSSR count). The molecule has 8 heteroatoms. The van der Waals surface area contributed by atoms with Gasteiger partial charge in [0.25, 0.3) is 0 Å². The highest BCUT2D eigenvalue weighted by atomic mass is 15.2. The first-order valence-corrected chi connectivity index (χ1v) is 8.60. The van der Waals surface area contributed by atoms with Crippen molar-refractivity contribution in [1.82, 2.24) is 29.9 Å². The van der Waals surface area contributed by atoms with Crippen LogP contribution >= 0.6 is 0 Å². The Bertz CT molecular complexity index is 899. The van der Waals surface area contributed by atoms with E-state index in [0.29, 0.717) is 11.7 Å². The lowest BCUT2D eigenvalue weighted by atomic mass is 10.0. The summed E-state index contributed by atoms with van der Waals surface area (Å²) in [6.07, 6.45) is 7.80. The van der Waals surface area contributed by atoms with Crippen LogP contribution in [0.5, 0.6) is 0 Å². The van der Waals surface area contributed by atoms with Crippen molar-refractivity contribution in [2.24, 2.45) is 0 Å². The Morgan fingerprint density at radius 2 is 1.92 bits per heavy atom. The van der Waals surface area contributed by atoms with Crippen LogP contribution in [0.3, 0.4) is 0 Å². The maximum absolute atomic E-state index is 4.66. The van der Waals surface area contributed by atoms with E-state index in [1.54, 1.807) is 18.6 Å². The number of rotatable bonds is 4. The summed E-state index contributed by atoms with van der Waals surface area (Å²) in [6.45, 7) is 5.66. The third kappa shape index (κ3) is 3.58. The van der Waals surface area contributed by atoms with Crippen molar-refractivity contribution in [1.29, 1.82) is 0 Å². The molecule has 0 spiro atoms. The Labute approximate surface area is 151 Å². The van der Waals surface area contributed by atoms with Gasteiger partial charge in [0.1, 0.15) is 29.1 Å². The molecule has 1 N–H and O–H groups in total. The molecule has 3 aromatic rings. The van der Waals surface area contributed by atoms with Crippen molar-refractivity contribution in [3.8, 4) is 0 Å². The number of nitrogens with one attached hydrogen (secondary N) is 1. The summed E-state index contributed by atoms with van der Waals surface area (Å²) in [7, 11) is 0. The second-order valence-corrected chi connectivity index (χ2v) is 6.33. The molecule has 1 aliphatic heterocycles. The smallest absolute Gasteiger partial charge is 0.150 e. The third-order valence-corrected chi connectivity index (χ3v) is 4.37. The molecule has 26 heavy (non-hydrogen) atoms. The van der Waals surface area contributed by atoms with Gasteiger partial charge in [-0.3, -0.25) is 4.98 Å². The lowest BCUT2D eigenvalue weighted by Crippen LogP contribution is -2.21. The molecule has 132 valence electrons. The highest BCUT2D eigenvalue weighted by molar-refractivity contribution is 5.51. The molecule has 0 bridgehead atoms. The van der Waals surface area contributed by atoms with E-state index in [2.05, 4.69) is 40.1 Å². The monoisotopic (exact) mass is 348 g/mol. The van der Waals surface area contributed by atoms with Crippen LogP contribution in [0.1, 0.15) is 29.7 Å². The zero-order valence-corrected chi connectivity index (χ0v) is 14.8. The van der Waals surface area contributed by atoms with E-state index in [9.17, 15) is 0 Å². The van der Waals surface area contributed by atoms with Gasteiger partial charge >= 0.3 is 0 Å². The topological polar surface area (TPSA) is 92.6 Å². The van der Waals surface area contributed by atoms with E-state index >= 15 is 0 Å². The Morgan fingerprint density at radius 1 is 1.00 bits per heavy atom. The first kappa shape index (κ1) is 16.3. The number of hydrogen-bond acceptors (Lipinski definition) is 8. The Balaban J connectivity index is 1.53. The van der Waals surface area contributed by atoms with Gasteiger partial charge in [-0.25, -0.2) is 24.9 Å². The van der Waals surface area contributed by atoms with Gasteiger partial charge < -0.3 is 10.2 Å². The van der Waals surface area contributed by atoms with Crippen molar-refractivity contribution in [3.05, 3.63) is 54.3 Å². The van der Waals surface area contributed by atoms with E-state index in [0.717, 1.165) is 48.5 Å². The minimum atomic E-state index is 0.342. The quantitative estimate of drug-likeness (QED) is 0.768. The van der Waals surface area contributed by atoms with Crippen LogP contribution in [-0.4, -0.2) is 43.0 Å². The van der Waals surface area contributed by atoms with Crippen LogP contribution < -0.4 is 10.2 Å². The predicted octanol–water partition coefficient (Wildman–Crippen LogP) is 2.41. The van der Waals surface area contributed by atoms with Crippen molar-refractivity contribution in [2.45, 2.75) is 26.2 Å². The summed E-state index contributed by atoms with van der Waals surface area (Å²) >= 11 is 0. The summed E-state index contributed by atoms with van der Waals surface area (Å²) < 4.78 is 0. The van der Waals surface area contributed by atoms with Gasteiger partial charge in [0.15, 0.2) is 0 Å². The SMILES string of the molecule is Cc1nc(Nc2cnccn2)cc([C@H]2CCN(c3ccnc(C)n3)C2)n1. The summed E-state index contributed by atoms with van der Waals surface area (Å²) in [5, 5.41) is 3.20. The Morgan fingerprint density at radius 3 is 2.73 bits per heavy atom. The first-order chi connectivity index (χ1) is 12.7. The van der Waals surface area contributed by atoms with Crippen LogP contribution in [0, 0.1) is 13.8 Å². The third-order valence-electron chi connectivity index (χ3n) is 4.37. The fourth-order valence-corrected chi connectivity index (χ4v) is 3.19. The number of hydrogen-bond donors (Lipinski definition) is 1. The summed E-state index contributed by atoms with van der Waals surface area (Å²) in [6, 6.07) is 3.96. The van der Waals surface area contributed by atoms with Crippen molar-refractivity contribution >= 4 is 17.5 Å². The fourth-order valence-electron chi connectivity index (χ4n) is 3.19. The van der Waals surface area contributed by atoms with Gasteiger partial charge in [-0.05, 0) is 26.3 Å². The van der Waals surface area contributed by atoms with Gasteiger partial charge in [-0.2, -0.15) is 0 Å². The lowest BCUT2D eigenvalue weighted by Gasteiger charge is -2.17. The zero-order valence-electron chi connectivity index (χ0n) is 14.8. The molecular formula is C18H20N8. The zero-order chi connectivity index (χ0) is 17.9. The van der Waals surface area contributed by atoms with E-state index in [-0.39, 0.29) is 0 Å². The average molecular weight is 348 g/mol. The first-order valence-electron chi connectivity index (χ1n) is 8.60. The van der Waals surface area contributed by atoms with E-state index < -0.39 is 0 Å². The molecule has 4 heterocycles. The van der Waals surface area contributed by atoms with Crippen LogP contribution in [0.25, 0.3) is 0 Å². The normalized spacial score (nSPS) is 16.7. The van der Waals surface area contributed by atoms with E-state index in [1.165, 1.54) is 0 Å². The Kier molecular flexibility index (Phi) is 4.39. The number of aromatic nitrogens is 6. The van der Waals surface area contributed by atoms with Crippen molar-refractivity contribution in [2.75, 3.05) is 23.3 Å². The second kappa shape index (κ2) is 6.99. The maximum atomic E-state index is 4.66. The van der Waals surface area contributed by atoms with Crippen LogP contribution in [-0.2, 0) is 0 Å². The molecule has 0 unspecified atom stereocenters. The molecule has 0 saturated carbocycles. The van der Waals surface area contributed by atoms with Gasteiger partial charge in [0, 0.05) is 43.7 Å². The molecule has 0 aliphatic carbocycles. The number of aryl methyl sites for hydroxylation is 2. The summed E-state index contributed by atoms with van der Waals surface area (Å²) in [5.41, 5.74) is 1.04. The molecule has 1 fully saturated rings. The minimum Gasteiger partial charge on any atom is -0.356 e. The van der Waals surface area contributed by atoms with Crippen molar-refractivity contribution in [3.63, 3.8) is 0 Å². The molecule has 3 aromatic heterocycles. The fraction of sp³-hybridized carbons (Fsp3) is 0.333. The van der Waals surface area contributed by atoms with E-state index in [1.807, 2.05) is 32.2 Å². The maximum Gasteiger partial charge on any atom is 0.150 e. The minimum absolute atomic E-state index is 0.342. The lowest BCUT2D eigenvalue weighted by molar-refractivity contribution is 0.733. The van der Waals surface area contributed by atoms with Crippen molar-refractivity contribution < 1.29 is 0 Å². The molecule has 0 amide bonds. The molecule has 1 aliphatic rings. The van der Waals surface area contributed by atoms with Crippen LogP contribution in [0.15, 0.2) is 36.9 Å². The summed E-state index contributed by atoms with van der Waals surface area (Å²) in [5.74, 6) is 4.26. The second-order valence-electron chi connectivity index (χ2n) is 6.33. The average Bonchev–Trinajstić information content (AvgIpc) is 3.12.